The molecule has 0 saturated heterocycles. The SMILES string of the molecule is C[C@@H](N)c1ccc(N(C)C2CCCCCC2)cc1Br. The maximum Gasteiger partial charge on any atom is 0.0377 e. The Morgan fingerprint density at radius 1 is 1.21 bits per heavy atom. The van der Waals surface area contributed by atoms with Gasteiger partial charge in [-0.3, -0.25) is 0 Å². The Bertz CT molecular complexity index is 409. The monoisotopic (exact) mass is 324 g/mol. The van der Waals surface area contributed by atoms with Crippen LogP contribution in [-0.2, 0) is 0 Å². The van der Waals surface area contributed by atoms with E-state index < -0.39 is 0 Å². The molecular formula is C16H25BrN2. The second kappa shape index (κ2) is 6.76. The van der Waals surface area contributed by atoms with E-state index in [1.165, 1.54) is 49.8 Å². The maximum absolute atomic E-state index is 5.96. The van der Waals surface area contributed by atoms with Crippen LogP contribution in [0.15, 0.2) is 22.7 Å². The van der Waals surface area contributed by atoms with Gasteiger partial charge in [0.25, 0.3) is 0 Å². The fraction of sp³-hybridized carbons (Fsp3) is 0.625. The van der Waals surface area contributed by atoms with Gasteiger partial charge in [0.15, 0.2) is 0 Å². The summed E-state index contributed by atoms with van der Waals surface area (Å²) in [7, 11) is 2.23. The van der Waals surface area contributed by atoms with Gasteiger partial charge in [-0.25, -0.2) is 0 Å². The minimum absolute atomic E-state index is 0.0756. The normalized spacial score (nSPS) is 18.9. The summed E-state index contributed by atoms with van der Waals surface area (Å²) in [6.07, 6.45) is 8.18. The number of benzene rings is 1. The van der Waals surface area contributed by atoms with E-state index in [9.17, 15) is 0 Å². The largest absolute Gasteiger partial charge is 0.372 e. The van der Waals surface area contributed by atoms with Gasteiger partial charge in [0.05, 0.1) is 0 Å². The third kappa shape index (κ3) is 3.73. The van der Waals surface area contributed by atoms with Gasteiger partial charge in [-0.05, 0) is 37.5 Å². The molecule has 2 N–H and O–H groups in total. The first kappa shape index (κ1) is 14.9. The third-order valence-electron chi connectivity index (χ3n) is 4.25. The lowest BCUT2D eigenvalue weighted by atomic mass is 10.1. The minimum Gasteiger partial charge on any atom is -0.372 e. The van der Waals surface area contributed by atoms with E-state index in [4.69, 9.17) is 5.73 Å². The molecule has 1 aliphatic rings. The van der Waals surface area contributed by atoms with Crippen molar-refractivity contribution in [2.45, 2.75) is 57.5 Å². The van der Waals surface area contributed by atoms with Crippen molar-refractivity contribution in [2.75, 3.05) is 11.9 Å². The van der Waals surface area contributed by atoms with Crippen molar-refractivity contribution >= 4 is 21.6 Å². The molecule has 0 bridgehead atoms. The number of nitrogens with two attached hydrogens (primary N) is 1. The molecule has 106 valence electrons. The van der Waals surface area contributed by atoms with Gasteiger partial charge in [0.2, 0.25) is 0 Å². The summed E-state index contributed by atoms with van der Waals surface area (Å²) in [5, 5.41) is 0. The summed E-state index contributed by atoms with van der Waals surface area (Å²) in [4.78, 5) is 2.45. The molecule has 2 nitrogen and oxygen atoms in total. The Hall–Kier alpha value is -0.540. The molecule has 1 aromatic carbocycles. The van der Waals surface area contributed by atoms with Gasteiger partial charge in [0.1, 0.15) is 0 Å². The molecule has 0 radical (unpaired) electrons. The molecule has 0 aliphatic heterocycles. The predicted molar refractivity (Wildman–Crippen MR) is 86.6 cm³/mol. The number of hydrogen-bond donors (Lipinski definition) is 1. The van der Waals surface area contributed by atoms with Crippen LogP contribution in [0, 0.1) is 0 Å². The Morgan fingerprint density at radius 3 is 2.37 bits per heavy atom. The number of halogens is 1. The average Bonchev–Trinajstić information content (AvgIpc) is 2.66. The van der Waals surface area contributed by atoms with Gasteiger partial charge in [0, 0.05) is 29.3 Å². The number of hydrogen-bond acceptors (Lipinski definition) is 2. The molecule has 0 spiro atoms. The third-order valence-corrected chi connectivity index (χ3v) is 4.94. The second-order valence-electron chi connectivity index (χ2n) is 5.75. The summed E-state index contributed by atoms with van der Waals surface area (Å²) in [6.45, 7) is 2.02. The van der Waals surface area contributed by atoms with Gasteiger partial charge in [-0.1, -0.05) is 47.7 Å². The lowest BCUT2D eigenvalue weighted by Crippen LogP contribution is -2.31. The van der Waals surface area contributed by atoms with E-state index in [0.717, 1.165) is 4.47 Å². The standard InChI is InChI=1S/C16H25BrN2/c1-12(18)15-10-9-14(11-16(15)17)19(2)13-7-5-3-4-6-8-13/h9-13H,3-8,18H2,1-2H3/t12-/m1/s1. The van der Waals surface area contributed by atoms with Crippen LogP contribution in [0.4, 0.5) is 5.69 Å². The van der Waals surface area contributed by atoms with E-state index >= 15 is 0 Å². The van der Waals surface area contributed by atoms with Gasteiger partial charge >= 0.3 is 0 Å². The van der Waals surface area contributed by atoms with Crippen LogP contribution in [0.3, 0.4) is 0 Å². The molecule has 0 amide bonds. The second-order valence-corrected chi connectivity index (χ2v) is 6.61. The fourth-order valence-corrected chi connectivity index (χ4v) is 3.69. The topological polar surface area (TPSA) is 29.3 Å². The summed E-state index contributed by atoms with van der Waals surface area (Å²) < 4.78 is 1.13. The first-order valence-corrected chi connectivity index (χ1v) is 8.16. The summed E-state index contributed by atoms with van der Waals surface area (Å²) >= 11 is 3.65. The van der Waals surface area contributed by atoms with E-state index in [0.29, 0.717) is 6.04 Å². The maximum atomic E-state index is 5.96. The van der Waals surface area contributed by atoms with Crippen molar-refractivity contribution in [2.24, 2.45) is 5.73 Å². The molecule has 0 unspecified atom stereocenters. The van der Waals surface area contributed by atoms with E-state index in [2.05, 4.69) is 46.1 Å². The predicted octanol–water partition coefficient (Wildman–Crippen LogP) is 4.63. The lowest BCUT2D eigenvalue weighted by Gasteiger charge is -2.30. The molecule has 1 atom stereocenters. The molecule has 3 heteroatoms. The van der Waals surface area contributed by atoms with Crippen LogP contribution >= 0.6 is 15.9 Å². The number of nitrogens with zero attached hydrogens (tertiary/aromatic N) is 1. The summed E-state index contributed by atoms with van der Waals surface area (Å²) in [5.74, 6) is 0. The van der Waals surface area contributed by atoms with Gasteiger partial charge in [-0.15, -0.1) is 0 Å². The molecule has 2 rings (SSSR count). The van der Waals surface area contributed by atoms with Crippen molar-refractivity contribution in [1.29, 1.82) is 0 Å². The molecule has 19 heavy (non-hydrogen) atoms. The molecule has 1 aromatic rings. The highest BCUT2D eigenvalue weighted by atomic mass is 79.9. The summed E-state index contributed by atoms with van der Waals surface area (Å²) in [6, 6.07) is 7.33. The van der Waals surface area contributed by atoms with E-state index in [1.807, 2.05) is 6.92 Å². The van der Waals surface area contributed by atoms with Crippen molar-refractivity contribution in [3.05, 3.63) is 28.2 Å². The Balaban J connectivity index is 2.14. The van der Waals surface area contributed by atoms with Crippen molar-refractivity contribution in [1.82, 2.24) is 0 Å². The van der Waals surface area contributed by atoms with Gasteiger partial charge < -0.3 is 10.6 Å². The van der Waals surface area contributed by atoms with Crippen LogP contribution in [0.25, 0.3) is 0 Å². The van der Waals surface area contributed by atoms with Crippen LogP contribution in [0.1, 0.15) is 57.1 Å². The molecule has 1 aliphatic carbocycles. The van der Waals surface area contributed by atoms with Crippen LogP contribution in [0.2, 0.25) is 0 Å². The van der Waals surface area contributed by atoms with Crippen molar-refractivity contribution < 1.29 is 0 Å². The van der Waals surface area contributed by atoms with Crippen LogP contribution < -0.4 is 10.6 Å². The zero-order valence-electron chi connectivity index (χ0n) is 12.0. The molecule has 0 aromatic heterocycles. The molecular weight excluding hydrogens is 300 g/mol. The van der Waals surface area contributed by atoms with Crippen LogP contribution in [0.5, 0.6) is 0 Å². The highest BCUT2D eigenvalue weighted by Gasteiger charge is 2.18. The van der Waals surface area contributed by atoms with E-state index in [1.54, 1.807) is 0 Å². The quantitative estimate of drug-likeness (QED) is 0.821. The van der Waals surface area contributed by atoms with E-state index in [-0.39, 0.29) is 6.04 Å². The zero-order valence-corrected chi connectivity index (χ0v) is 13.6. The Kier molecular flexibility index (Phi) is 5.28. The summed E-state index contributed by atoms with van der Waals surface area (Å²) in [5.41, 5.74) is 8.43. The van der Waals surface area contributed by atoms with Crippen LogP contribution in [-0.4, -0.2) is 13.1 Å². The van der Waals surface area contributed by atoms with Gasteiger partial charge in [-0.2, -0.15) is 0 Å². The average molecular weight is 325 g/mol. The smallest absolute Gasteiger partial charge is 0.0377 e. The first-order valence-electron chi connectivity index (χ1n) is 7.37. The fourth-order valence-electron chi connectivity index (χ4n) is 2.96. The highest BCUT2D eigenvalue weighted by Crippen LogP contribution is 2.30. The Morgan fingerprint density at radius 2 is 1.84 bits per heavy atom. The number of anilines is 1. The lowest BCUT2D eigenvalue weighted by molar-refractivity contribution is 0.553. The molecule has 0 heterocycles. The molecule has 1 fully saturated rings. The Labute approximate surface area is 125 Å². The highest BCUT2D eigenvalue weighted by molar-refractivity contribution is 9.10. The van der Waals surface area contributed by atoms with Crippen molar-refractivity contribution in [3.63, 3.8) is 0 Å². The zero-order chi connectivity index (χ0) is 13.8. The number of rotatable bonds is 3. The molecule has 1 saturated carbocycles. The van der Waals surface area contributed by atoms with Crippen molar-refractivity contribution in [3.8, 4) is 0 Å². The minimum atomic E-state index is 0.0756. The first-order chi connectivity index (χ1) is 9.09.